The van der Waals surface area contributed by atoms with E-state index in [9.17, 15) is 5.11 Å². The smallest absolute Gasteiger partial charge is 0.133 e. The molecule has 2 rings (SSSR count). The minimum absolute atomic E-state index is 0.407. The molecule has 27 heavy (non-hydrogen) atoms. The fourth-order valence-electron chi connectivity index (χ4n) is 3.28. The number of aryl methyl sites for hydroxylation is 1. The van der Waals surface area contributed by atoms with Crippen molar-refractivity contribution in [3.8, 4) is 5.75 Å². The second-order valence-corrected chi connectivity index (χ2v) is 8.46. The van der Waals surface area contributed by atoms with Crippen molar-refractivity contribution < 1.29 is 9.84 Å². The molecule has 0 saturated heterocycles. The van der Waals surface area contributed by atoms with Crippen LogP contribution in [0.4, 0.5) is 5.69 Å². The van der Waals surface area contributed by atoms with Gasteiger partial charge in [0.05, 0.1) is 24.9 Å². The summed E-state index contributed by atoms with van der Waals surface area (Å²) in [6.45, 7) is 14.7. The summed E-state index contributed by atoms with van der Waals surface area (Å²) in [5.41, 5.74) is 1.77. The van der Waals surface area contributed by atoms with Crippen molar-refractivity contribution >= 4 is 16.6 Å². The molecule has 1 atom stereocenters. The Hall–Kier alpha value is -1.85. The Bertz CT molecular complexity index is 747. The van der Waals surface area contributed by atoms with Gasteiger partial charge < -0.3 is 15.2 Å². The van der Waals surface area contributed by atoms with Crippen LogP contribution in [0.3, 0.4) is 0 Å². The number of fused-ring (bicyclic) bond motifs is 1. The molecule has 0 spiro atoms. The summed E-state index contributed by atoms with van der Waals surface area (Å²) in [5, 5.41) is 15.6. The van der Waals surface area contributed by atoms with Crippen molar-refractivity contribution in [2.75, 3.05) is 32.1 Å². The number of pyridine rings is 1. The Morgan fingerprint density at radius 3 is 2.33 bits per heavy atom. The average Bonchev–Trinajstić information content (AvgIpc) is 2.58. The summed E-state index contributed by atoms with van der Waals surface area (Å²) < 4.78 is 5.44. The van der Waals surface area contributed by atoms with Gasteiger partial charge in [-0.05, 0) is 37.8 Å². The third-order valence-electron chi connectivity index (χ3n) is 4.61. The van der Waals surface area contributed by atoms with Crippen LogP contribution in [0, 0.1) is 18.8 Å². The molecular formula is C22H35N3O2. The van der Waals surface area contributed by atoms with Gasteiger partial charge in [-0.1, -0.05) is 33.8 Å². The standard InChI is InChI=1S/C22H35N3O2/c1-15(2)12-25(13-16(3)4)22(6,26)14-23-20-11-19(27-7)10-18-9-8-17(5)24-21(18)20/h8-11,15-16,23,26H,12-14H2,1-7H3/t22-/m0/s1. The topological polar surface area (TPSA) is 57.6 Å². The van der Waals surface area contributed by atoms with Crippen LogP contribution in [0.5, 0.6) is 5.75 Å². The number of methoxy groups -OCH3 is 1. The largest absolute Gasteiger partial charge is 0.497 e. The van der Waals surface area contributed by atoms with Crippen LogP contribution in [0.2, 0.25) is 0 Å². The lowest BCUT2D eigenvalue weighted by Crippen LogP contribution is -2.53. The zero-order valence-electron chi connectivity index (χ0n) is 17.8. The molecule has 0 aliphatic carbocycles. The molecule has 2 aromatic rings. The second-order valence-electron chi connectivity index (χ2n) is 8.46. The summed E-state index contributed by atoms with van der Waals surface area (Å²) in [6, 6.07) is 7.97. The van der Waals surface area contributed by atoms with E-state index in [0.29, 0.717) is 18.4 Å². The Morgan fingerprint density at radius 2 is 1.78 bits per heavy atom. The van der Waals surface area contributed by atoms with Crippen LogP contribution >= 0.6 is 0 Å². The van der Waals surface area contributed by atoms with Gasteiger partial charge in [0, 0.05) is 30.2 Å². The fourth-order valence-corrected chi connectivity index (χ4v) is 3.28. The molecule has 0 aliphatic rings. The van der Waals surface area contributed by atoms with E-state index in [0.717, 1.165) is 41.1 Å². The summed E-state index contributed by atoms with van der Waals surface area (Å²) in [7, 11) is 1.66. The first-order valence-electron chi connectivity index (χ1n) is 9.79. The Morgan fingerprint density at radius 1 is 1.15 bits per heavy atom. The molecule has 150 valence electrons. The zero-order valence-corrected chi connectivity index (χ0v) is 17.8. The van der Waals surface area contributed by atoms with Gasteiger partial charge in [-0.25, -0.2) is 0 Å². The maximum absolute atomic E-state index is 11.2. The third kappa shape index (κ3) is 5.81. The Balaban J connectivity index is 2.28. The Labute approximate surface area is 163 Å². The predicted octanol–water partition coefficient (Wildman–Crippen LogP) is 4.29. The van der Waals surface area contributed by atoms with Gasteiger partial charge in [-0.15, -0.1) is 0 Å². The van der Waals surface area contributed by atoms with Gasteiger partial charge in [0.1, 0.15) is 11.5 Å². The normalized spacial score (nSPS) is 14.2. The number of ether oxygens (including phenoxy) is 1. The van der Waals surface area contributed by atoms with Crippen LogP contribution < -0.4 is 10.1 Å². The van der Waals surface area contributed by atoms with Gasteiger partial charge in [0.15, 0.2) is 0 Å². The average molecular weight is 374 g/mol. The molecule has 0 fully saturated rings. The monoisotopic (exact) mass is 373 g/mol. The number of hydrogen-bond donors (Lipinski definition) is 2. The van der Waals surface area contributed by atoms with Gasteiger partial charge >= 0.3 is 0 Å². The molecule has 1 heterocycles. The molecule has 0 amide bonds. The van der Waals surface area contributed by atoms with Crippen molar-refractivity contribution in [3.05, 3.63) is 30.0 Å². The zero-order chi connectivity index (χ0) is 20.2. The van der Waals surface area contributed by atoms with E-state index in [-0.39, 0.29) is 0 Å². The number of aromatic nitrogens is 1. The molecule has 1 aromatic heterocycles. The maximum atomic E-state index is 11.2. The number of rotatable bonds is 9. The SMILES string of the molecule is COc1cc(NC[C@](C)(O)N(CC(C)C)CC(C)C)c2nc(C)ccc2c1. The van der Waals surface area contributed by atoms with E-state index >= 15 is 0 Å². The second kappa shape index (κ2) is 8.89. The molecule has 0 aliphatic heterocycles. The number of nitrogens with zero attached hydrogens (tertiary/aromatic N) is 2. The van der Waals surface area contributed by atoms with Gasteiger partial charge in [0.2, 0.25) is 0 Å². The first-order chi connectivity index (χ1) is 12.6. The minimum Gasteiger partial charge on any atom is -0.497 e. The first kappa shape index (κ1) is 21.5. The highest BCUT2D eigenvalue weighted by Crippen LogP contribution is 2.29. The van der Waals surface area contributed by atoms with E-state index in [1.54, 1.807) is 7.11 Å². The van der Waals surface area contributed by atoms with Crippen molar-refractivity contribution in [2.45, 2.75) is 47.3 Å². The fraction of sp³-hybridized carbons (Fsp3) is 0.591. The van der Waals surface area contributed by atoms with E-state index in [1.807, 2.05) is 38.1 Å². The summed E-state index contributed by atoms with van der Waals surface area (Å²) in [6.07, 6.45) is 0. The number of anilines is 1. The highest BCUT2D eigenvalue weighted by atomic mass is 16.5. The van der Waals surface area contributed by atoms with E-state index < -0.39 is 5.72 Å². The van der Waals surface area contributed by atoms with Crippen LogP contribution in [0.1, 0.15) is 40.3 Å². The highest BCUT2D eigenvalue weighted by molar-refractivity contribution is 5.92. The van der Waals surface area contributed by atoms with E-state index in [1.165, 1.54) is 0 Å². The van der Waals surface area contributed by atoms with E-state index in [4.69, 9.17) is 4.74 Å². The van der Waals surface area contributed by atoms with E-state index in [2.05, 4.69) is 42.9 Å². The highest BCUT2D eigenvalue weighted by Gasteiger charge is 2.30. The van der Waals surface area contributed by atoms with Crippen LogP contribution in [0.25, 0.3) is 10.9 Å². The quantitative estimate of drug-likeness (QED) is 0.642. The summed E-state index contributed by atoms with van der Waals surface area (Å²) in [5.74, 6) is 1.74. The lowest BCUT2D eigenvalue weighted by Gasteiger charge is -2.39. The first-order valence-corrected chi connectivity index (χ1v) is 9.79. The number of nitrogens with one attached hydrogen (secondary N) is 1. The number of benzene rings is 1. The van der Waals surface area contributed by atoms with Gasteiger partial charge in [0.25, 0.3) is 0 Å². The molecule has 5 heteroatoms. The van der Waals surface area contributed by atoms with Crippen LogP contribution in [0.15, 0.2) is 24.3 Å². The molecule has 0 saturated carbocycles. The predicted molar refractivity (Wildman–Crippen MR) is 113 cm³/mol. The van der Waals surface area contributed by atoms with Crippen molar-refractivity contribution in [1.82, 2.24) is 9.88 Å². The molecule has 1 aromatic carbocycles. The van der Waals surface area contributed by atoms with Crippen molar-refractivity contribution in [2.24, 2.45) is 11.8 Å². The maximum Gasteiger partial charge on any atom is 0.133 e. The Kier molecular flexibility index (Phi) is 7.06. The minimum atomic E-state index is -0.965. The number of aliphatic hydroxyl groups is 1. The molecule has 0 radical (unpaired) electrons. The van der Waals surface area contributed by atoms with Crippen molar-refractivity contribution in [3.63, 3.8) is 0 Å². The lowest BCUT2D eigenvalue weighted by molar-refractivity contribution is -0.0924. The number of hydrogen-bond acceptors (Lipinski definition) is 5. The molecular weight excluding hydrogens is 338 g/mol. The van der Waals surface area contributed by atoms with Crippen molar-refractivity contribution in [1.29, 1.82) is 0 Å². The molecule has 0 unspecified atom stereocenters. The van der Waals surface area contributed by atoms with Gasteiger partial charge in [-0.2, -0.15) is 0 Å². The third-order valence-corrected chi connectivity index (χ3v) is 4.61. The van der Waals surface area contributed by atoms with Crippen LogP contribution in [-0.2, 0) is 0 Å². The molecule has 5 nitrogen and oxygen atoms in total. The van der Waals surface area contributed by atoms with Crippen LogP contribution in [-0.4, -0.2) is 47.5 Å². The van der Waals surface area contributed by atoms with Gasteiger partial charge in [-0.3, -0.25) is 9.88 Å². The summed E-state index contributed by atoms with van der Waals surface area (Å²) in [4.78, 5) is 6.84. The summed E-state index contributed by atoms with van der Waals surface area (Å²) >= 11 is 0. The lowest BCUT2D eigenvalue weighted by atomic mass is 10.1. The molecule has 2 N–H and O–H groups in total. The molecule has 0 bridgehead atoms.